The third-order valence-electron chi connectivity index (χ3n) is 6.92. The number of carbonyl (C=O) groups excluding carboxylic acids is 2. The molecule has 2 fully saturated rings. The molecule has 3 heterocycles. The van der Waals surface area contributed by atoms with Crippen molar-refractivity contribution in [2.24, 2.45) is 5.92 Å². The van der Waals surface area contributed by atoms with E-state index in [1.807, 2.05) is 0 Å². The molecule has 40 heavy (non-hydrogen) atoms. The number of allylic oxidation sites excluding steroid dienone is 1. The van der Waals surface area contributed by atoms with Gasteiger partial charge in [-0.2, -0.15) is 0 Å². The first kappa shape index (κ1) is 32.3. The maximum Gasteiger partial charge on any atom is 0.337 e. The minimum Gasteiger partial charge on any atom is -0.469 e. The predicted octanol–water partition coefficient (Wildman–Crippen LogP) is -3.83. The van der Waals surface area contributed by atoms with E-state index in [2.05, 4.69) is 0 Å². The van der Waals surface area contributed by atoms with Crippen LogP contribution in [0.2, 0.25) is 0 Å². The van der Waals surface area contributed by atoms with Gasteiger partial charge in [-0.1, -0.05) is 6.08 Å². The molecule has 0 radical (unpaired) electrons. The monoisotopic (exact) mass is 580 g/mol. The maximum absolute atomic E-state index is 12.3. The molecule has 0 bridgehead atoms. The van der Waals surface area contributed by atoms with Crippen molar-refractivity contribution in [2.45, 2.75) is 81.0 Å². The van der Waals surface area contributed by atoms with Crippen molar-refractivity contribution in [2.75, 3.05) is 27.4 Å². The second kappa shape index (κ2) is 14.1. The molecule has 0 saturated carbocycles. The number of hydrogen-bond donors (Lipinski definition) is 7. The molecule has 0 spiro atoms. The predicted molar refractivity (Wildman–Crippen MR) is 126 cm³/mol. The molecule has 7 N–H and O–H groups in total. The summed E-state index contributed by atoms with van der Waals surface area (Å²) in [6.45, 7) is 0.340. The minimum atomic E-state index is -1.80. The summed E-state index contributed by atoms with van der Waals surface area (Å²) >= 11 is 0. The van der Waals surface area contributed by atoms with Crippen LogP contribution in [0.1, 0.15) is 13.3 Å². The van der Waals surface area contributed by atoms with E-state index in [1.165, 1.54) is 13.2 Å². The van der Waals surface area contributed by atoms with Gasteiger partial charge in [0.2, 0.25) is 6.29 Å². The van der Waals surface area contributed by atoms with E-state index in [0.29, 0.717) is 0 Å². The number of rotatable bonds is 9. The molecule has 0 unspecified atom stereocenters. The standard InChI is InChI=1S/C24H36O16/c1-4-9-10(5-14(26)34-2)11(21(33)35-3)7-36-22(9)40-24-20(32)18(30)16(28)13(39-24)8-37-23-19(31)17(29)15(27)12(6-25)38-23/h4,7,10,12-13,15-20,22-25,27-32H,5-6,8H2,1-3H3/t10-,12+,13+,15+,16+,17-,18-,19+,20+,22-,23+,24-/m0/s1. The molecule has 3 rings (SSSR count). The van der Waals surface area contributed by atoms with Crippen LogP contribution in [0.4, 0.5) is 0 Å². The van der Waals surface area contributed by atoms with Crippen LogP contribution in [-0.2, 0) is 42.7 Å². The van der Waals surface area contributed by atoms with Gasteiger partial charge < -0.3 is 68.9 Å². The lowest BCUT2D eigenvalue weighted by Gasteiger charge is -2.43. The smallest absolute Gasteiger partial charge is 0.337 e. The van der Waals surface area contributed by atoms with Crippen LogP contribution in [0.5, 0.6) is 0 Å². The summed E-state index contributed by atoms with van der Waals surface area (Å²) in [6, 6.07) is 0. The van der Waals surface area contributed by atoms with Crippen molar-refractivity contribution >= 4 is 11.9 Å². The SMILES string of the molecule is CC=C1[C@H](O[C@@H]2O[C@H](CO[C@@H]3O[C@H](CO)[C@@H](O)[C@H](O)[C@H]3O)[C@@H](O)[C@H](O)[C@H]2O)OC=C(C(=O)OC)[C@H]1CC(=O)OC. The first-order valence-corrected chi connectivity index (χ1v) is 12.4. The first-order valence-electron chi connectivity index (χ1n) is 12.4. The van der Waals surface area contributed by atoms with Crippen LogP contribution in [0, 0.1) is 5.92 Å². The fraction of sp³-hybridized carbons (Fsp3) is 0.750. The Morgan fingerprint density at radius 2 is 1.48 bits per heavy atom. The Balaban J connectivity index is 1.74. The molecule has 0 aromatic heterocycles. The summed E-state index contributed by atoms with van der Waals surface area (Å²) in [5.41, 5.74) is 0.283. The Hall–Kier alpha value is -2.22. The number of ether oxygens (including phenoxy) is 7. The third-order valence-corrected chi connectivity index (χ3v) is 6.92. The molecule has 0 aromatic carbocycles. The summed E-state index contributed by atoms with van der Waals surface area (Å²) in [6.07, 6.45) is -15.2. The quantitative estimate of drug-likeness (QED) is 0.102. The topological polar surface area (TPSA) is 240 Å². The number of esters is 2. The highest BCUT2D eigenvalue weighted by atomic mass is 16.8. The molecule has 228 valence electrons. The Labute approximate surface area is 228 Å². The van der Waals surface area contributed by atoms with Crippen molar-refractivity contribution in [1.29, 1.82) is 0 Å². The number of aliphatic hydroxyl groups is 7. The van der Waals surface area contributed by atoms with Gasteiger partial charge in [0, 0.05) is 11.5 Å². The Morgan fingerprint density at radius 1 is 0.875 bits per heavy atom. The summed E-state index contributed by atoms with van der Waals surface area (Å²) < 4.78 is 37.0. The van der Waals surface area contributed by atoms with Crippen molar-refractivity contribution in [3.63, 3.8) is 0 Å². The molecule has 3 aliphatic rings. The number of methoxy groups -OCH3 is 2. The van der Waals surface area contributed by atoms with Crippen molar-refractivity contribution in [3.8, 4) is 0 Å². The largest absolute Gasteiger partial charge is 0.469 e. The molecule has 0 amide bonds. The Kier molecular flexibility index (Phi) is 11.4. The normalized spacial score (nSPS) is 41.1. The van der Waals surface area contributed by atoms with Crippen LogP contribution < -0.4 is 0 Å². The van der Waals surface area contributed by atoms with E-state index in [-0.39, 0.29) is 17.6 Å². The van der Waals surface area contributed by atoms with Gasteiger partial charge in [-0.05, 0) is 6.92 Å². The van der Waals surface area contributed by atoms with Crippen LogP contribution in [0.3, 0.4) is 0 Å². The molecule has 16 heteroatoms. The van der Waals surface area contributed by atoms with Gasteiger partial charge in [-0.25, -0.2) is 4.79 Å². The summed E-state index contributed by atoms with van der Waals surface area (Å²) in [5, 5.41) is 70.8. The molecule has 0 aromatic rings. The molecular formula is C24H36O16. The molecular weight excluding hydrogens is 544 g/mol. The highest BCUT2D eigenvalue weighted by Crippen LogP contribution is 2.36. The van der Waals surface area contributed by atoms with Crippen LogP contribution in [0.15, 0.2) is 23.5 Å². The Bertz CT molecular complexity index is 936. The molecule has 12 atom stereocenters. The number of hydrogen-bond acceptors (Lipinski definition) is 16. The molecule has 0 aliphatic carbocycles. The zero-order chi connectivity index (χ0) is 29.7. The summed E-state index contributed by atoms with van der Waals surface area (Å²) in [7, 11) is 2.33. The second-order valence-corrected chi connectivity index (χ2v) is 9.34. The van der Waals surface area contributed by atoms with Crippen molar-refractivity contribution < 1.29 is 78.5 Å². The average Bonchev–Trinajstić information content (AvgIpc) is 2.96. The maximum atomic E-state index is 12.3. The van der Waals surface area contributed by atoms with Gasteiger partial charge in [0.1, 0.15) is 48.8 Å². The minimum absolute atomic E-state index is 0.00669. The zero-order valence-corrected chi connectivity index (χ0v) is 22.0. The van der Waals surface area contributed by atoms with Gasteiger partial charge in [0.25, 0.3) is 0 Å². The van der Waals surface area contributed by atoms with Gasteiger partial charge >= 0.3 is 11.9 Å². The molecule has 3 aliphatic heterocycles. The fourth-order valence-electron chi connectivity index (χ4n) is 4.56. The number of aliphatic hydroxyl groups excluding tert-OH is 7. The lowest BCUT2D eigenvalue weighted by molar-refractivity contribution is -0.344. The van der Waals surface area contributed by atoms with Gasteiger partial charge in [0.05, 0.1) is 45.7 Å². The van der Waals surface area contributed by atoms with E-state index in [9.17, 15) is 45.3 Å². The highest BCUT2D eigenvalue weighted by Gasteiger charge is 2.49. The van der Waals surface area contributed by atoms with Crippen molar-refractivity contribution in [3.05, 3.63) is 23.5 Å². The van der Waals surface area contributed by atoms with Gasteiger partial charge in [0.15, 0.2) is 12.6 Å². The van der Waals surface area contributed by atoms with Crippen LogP contribution >= 0.6 is 0 Å². The highest BCUT2D eigenvalue weighted by molar-refractivity contribution is 5.90. The van der Waals surface area contributed by atoms with Crippen LogP contribution in [0.25, 0.3) is 0 Å². The lowest BCUT2D eigenvalue weighted by atomic mass is 9.86. The second-order valence-electron chi connectivity index (χ2n) is 9.34. The van der Waals surface area contributed by atoms with E-state index < -0.39 is 98.8 Å². The van der Waals surface area contributed by atoms with Crippen LogP contribution in [-0.4, -0.2) is 143 Å². The average molecular weight is 581 g/mol. The lowest BCUT2D eigenvalue weighted by Crippen LogP contribution is -2.62. The summed E-state index contributed by atoms with van der Waals surface area (Å²) in [4.78, 5) is 24.3. The summed E-state index contributed by atoms with van der Waals surface area (Å²) in [5.74, 6) is -2.28. The van der Waals surface area contributed by atoms with Gasteiger partial charge in [-0.15, -0.1) is 0 Å². The molecule has 2 saturated heterocycles. The molecule has 16 nitrogen and oxygen atoms in total. The first-order chi connectivity index (χ1) is 19.0. The third kappa shape index (κ3) is 6.80. The number of carbonyl (C=O) groups is 2. The van der Waals surface area contributed by atoms with E-state index in [0.717, 1.165) is 13.4 Å². The van der Waals surface area contributed by atoms with Gasteiger partial charge in [-0.3, -0.25) is 4.79 Å². The fourth-order valence-corrected chi connectivity index (χ4v) is 4.56. The Morgan fingerprint density at radius 3 is 2.05 bits per heavy atom. The van der Waals surface area contributed by atoms with Crippen molar-refractivity contribution in [1.82, 2.24) is 0 Å². The van der Waals surface area contributed by atoms with E-state index in [1.54, 1.807) is 6.92 Å². The van der Waals surface area contributed by atoms with E-state index in [4.69, 9.17) is 33.2 Å². The van der Waals surface area contributed by atoms with E-state index >= 15 is 0 Å². The zero-order valence-electron chi connectivity index (χ0n) is 22.0.